The molecule has 1 fully saturated rings. The van der Waals surface area contributed by atoms with Crippen LogP contribution in [0.1, 0.15) is 37.6 Å². The summed E-state index contributed by atoms with van der Waals surface area (Å²) >= 11 is 0. The summed E-state index contributed by atoms with van der Waals surface area (Å²) in [7, 11) is 0. The molecule has 0 aliphatic carbocycles. The van der Waals surface area contributed by atoms with Crippen LogP contribution in [0.2, 0.25) is 0 Å². The van der Waals surface area contributed by atoms with Crippen molar-refractivity contribution in [1.29, 1.82) is 0 Å². The van der Waals surface area contributed by atoms with Crippen molar-refractivity contribution < 1.29 is 9.47 Å². The van der Waals surface area contributed by atoms with Crippen LogP contribution in [0, 0.1) is 0 Å². The van der Waals surface area contributed by atoms with Crippen molar-refractivity contribution in [2.75, 3.05) is 39.4 Å². The van der Waals surface area contributed by atoms with Gasteiger partial charge in [-0.1, -0.05) is 12.1 Å². The van der Waals surface area contributed by atoms with Crippen molar-refractivity contribution in [1.82, 2.24) is 15.2 Å². The van der Waals surface area contributed by atoms with Crippen LogP contribution in [-0.4, -0.2) is 49.3 Å². The molecular weight excluding hydrogens is 326 g/mol. The molecule has 0 radical (unpaired) electrons. The zero-order valence-electron chi connectivity index (χ0n) is 15.8. The molecule has 2 aromatic rings. The average molecular weight is 355 g/mol. The molecule has 1 unspecified atom stereocenters. The number of hydrogen-bond acceptors (Lipinski definition) is 5. The predicted octanol–water partition coefficient (Wildman–Crippen LogP) is 3.26. The zero-order chi connectivity index (χ0) is 18.2. The molecule has 5 nitrogen and oxygen atoms in total. The molecule has 1 N–H and O–H groups in total. The molecule has 1 aromatic heterocycles. The van der Waals surface area contributed by atoms with E-state index >= 15 is 0 Å². The van der Waals surface area contributed by atoms with Crippen LogP contribution in [0.25, 0.3) is 0 Å². The van der Waals surface area contributed by atoms with Gasteiger partial charge in [-0.15, -0.1) is 0 Å². The molecule has 26 heavy (non-hydrogen) atoms. The lowest BCUT2D eigenvalue weighted by Crippen LogP contribution is -2.33. The fourth-order valence-electron chi connectivity index (χ4n) is 3.47. The summed E-state index contributed by atoms with van der Waals surface area (Å²) in [4.78, 5) is 7.17. The Kier molecular flexibility index (Phi) is 6.86. The van der Waals surface area contributed by atoms with E-state index in [0.717, 1.165) is 49.8 Å². The van der Waals surface area contributed by atoms with Gasteiger partial charge in [-0.2, -0.15) is 0 Å². The van der Waals surface area contributed by atoms with E-state index in [9.17, 15) is 0 Å². The highest BCUT2D eigenvalue weighted by atomic mass is 16.5. The second-order valence-corrected chi connectivity index (χ2v) is 6.37. The molecule has 5 heteroatoms. The van der Waals surface area contributed by atoms with Crippen LogP contribution in [0.3, 0.4) is 0 Å². The highest BCUT2D eigenvalue weighted by molar-refractivity contribution is 5.45. The van der Waals surface area contributed by atoms with Gasteiger partial charge in [0.1, 0.15) is 0 Å². The quantitative estimate of drug-likeness (QED) is 0.826. The number of ether oxygens (including phenoxy) is 2. The Balaban J connectivity index is 1.99. The summed E-state index contributed by atoms with van der Waals surface area (Å²) in [5, 5.41) is 3.49. The fraction of sp³-hybridized carbons (Fsp3) is 0.476. The smallest absolute Gasteiger partial charge is 0.161 e. The molecule has 1 aromatic carbocycles. The molecule has 140 valence electrons. The summed E-state index contributed by atoms with van der Waals surface area (Å²) in [5.74, 6) is 1.61. The number of hydrogen-bond donors (Lipinski definition) is 1. The SMILES string of the molecule is CCOc1ccc(C(c2ccccn2)N2CCCNCC2)cc1OCC. The number of pyridine rings is 1. The van der Waals surface area contributed by atoms with Gasteiger partial charge in [0.25, 0.3) is 0 Å². The molecule has 1 aliphatic heterocycles. The summed E-state index contributed by atoms with van der Waals surface area (Å²) in [6.07, 6.45) is 3.01. The van der Waals surface area contributed by atoms with Crippen molar-refractivity contribution in [2.45, 2.75) is 26.3 Å². The van der Waals surface area contributed by atoms with Gasteiger partial charge in [0, 0.05) is 25.8 Å². The average Bonchev–Trinajstić information content (AvgIpc) is 2.95. The monoisotopic (exact) mass is 355 g/mol. The third-order valence-corrected chi connectivity index (χ3v) is 4.59. The molecule has 0 saturated carbocycles. The summed E-state index contributed by atoms with van der Waals surface area (Å²) in [6.45, 7) is 9.34. The Hall–Kier alpha value is -2.11. The third kappa shape index (κ3) is 4.54. The van der Waals surface area contributed by atoms with E-state index < -0.39 is 0 Å². The fourth-order valence-corrected chi connectivity index (χ4v) is 3.47. The lowest BCUT2D eigenvalue weighted by Gasteiger charge is -2.31. The van der Waals surface area contributed by atoms with Crippen molar-refractivity contribution in [3.05, 3.63) is 53.9 Å². The lowest BCUT2D eigenvalue weighted by molar-refractivity contribution is 0.235. The second kappa shape index (κ2) is 9.55. The number of nitrogens with zero attached hydrogens (tertiary/aromatic N) is 2. The van der Waals surface area contributed by atoms with Crippen LogP contribution >= 0.6 is 0 Å². The molecule has 1 saturated heterocycles. The van der Waals surface area contributed by atoms with Gasteiger partial charge < -0.3 is 14.8 Å². The third-order valence-electron chi connectivity index (χ3n) is 4.59. The lowest BCUT2D eigenvalue weighted by atomic mass is 10.00. The molecule has 0 amide bonds. The minimum absolute atomic E-state index is 0.117. The molecular formula is C21H29N3O2. The minimum Gasteiger partial charge on any atom is -0.490 e. The minimum atomic E-state index is 0.117. The molecule has 3 rings (SSSR count). The van der Waals surface area contributed by atoms with Crippen LogP contribution in [0.15, 0.2) is 42.6 Å². The largest absolute Gasteiger partial charge is 0.490 e. The molecule has 0 bridgehead atoms. The number of nitrogens with one attached hydrogen (secondary N) is 1. The first-order valence-corrected chi connectivity index (χ1v) is 9.58. The van der Waals surface area contributed by atoms with Gasteiger partial charge in [-0.25, -0.2) is 0 Å². The molecule has 1 aliphatic rings. The van der Waals surface area contributed by atoms with E-state index in [4.69, 9.17) is 9.47 Å². The Morgan fingerprint density at radius 2 is 1.88 bits per heavy atom. The van der Waals surface area contributed by atoms with Gasteiger partial charge in [0.2, 0.25) is 0 Å². The topological polar surface area (TPSA) is 46.6 Å². The van der Waals surface area contributed by atoms with Crippen LogP contribution in [0.5, 0.6) is 11.5 Å². The van der Waals surface area contributed by atoms with Gasteiger partial charge in [0.05, 0.1) is 24.9 Å². The highest BCUT2D eigenvalue weighted by Crippen LogP contribution is 2.35. The number of benzene rings is 1. The highest BCUT2D eigenvalue weighted by Gasteiger charge is 2.25. The summed E-state index contributed by atoms with van der Waals surface area (Å²) in [5.41, 5.74) is 2.26. The first kappa shape index (κ1) is 18.7. The van der Waals surface area contributed by atoms with Crippen molar-refractivity contribution >= 4 is 0 Å². The normalized spacial score (nSPS) is 16.7. The van der Waals surface area contributed by atoms with Gasteiger partial charge in [-0.3, -0.25) is 9.88 Å². The maximum atomic E-state index is 5.85. The second-order valence-electron chi connectivity index (χ2n) is 6.37. The standard InChI is InChI=1S/C21H29N3O2/c1-3-25-19-10-9-17(16-20(19)26-4-2)21(18-8-5-6-12-23-18)24-14-7-11-22-13-15-24/h5-6,8-10,12,16,21-22H,3-4,7,11,13-15H2,1-2H3. The van der Waals surface area contributed by atoms with E-state index in [2.05, 4.69) is 39.5 Å². The Labute approximate surface area is 156 Å². The molecule has 2 heterocycles. The van der Waals surface area contributed by atoms with Crippen molar-refractivity contribution in [3.63, 3.8) is 0 Å². The Morgan fingerprint density at radius 3 is 2.65 bits per heavy atom. The van der Waals surface area contributed by atoms with Gasteiger partial charge >= 0.3 is 0 Å². The molecule has 1 atom stereocenters. The first-order valence-electron chi connectivity index (χ1n) is 9.58. The van der Waals surface area contributed by atoms with E-state index in [1.807, 2.05) is 32.2 Å². The Bertz CT molecular complexity index is 670. The number of aromatic nitrogens is 1. The maximum Gasteiger partial charge on any atom is 0.161 e. The summed E-state index contributed by atoms with van der Waals surface area (Å²) in [6, 6.07) is 12.5. The van der Waals surface area contributed by atoms with E-state index in [-0.39, 0.29) is 6.04 Å². The van der Waals surface area contributed by atoms with Gasteiger partial charge in [-0.05, 0) is 56.6 Å². The van der Waals surface area contributed by atoms with E-state index in [1.165, 1.54) is 5.56 Å². The van der Waals surface area contributed by atoms with Crippen LogP contribution in [-0.2, 0) is 0 Å². The van der Waals surface area contributed by atoms with Crippen LogP contribution in [0.4, 0.5) is 0 Å². The van der Waals surface area contributed by atoms with Crippen molar-refractivity contribution in [3.8, 4) is 11.5 Å². The van der Waals surface area contributed by atoms with Gasteiger partial charge in [0.15, 0.2) is 11.5 Å². The van der Waals surface area contributed by atoms with Crippen molar-refractivity contribution in [2.24, 2.45) is 0 Å². The summed E-state index contributed by atoms with van der Waals surface area (Å²) < 4.78 is 11.6. The van der Waals surface area contributed by atoms with E-state index in [0.29, 0.717) is 13.2 Å². The first-order chi connectivity index (χ1) is 12.8. The van der Waals surface area contributed by atoms with E-state index in [1.54, 1.807) is 0 Å². The predicted molar refractivity (Wildman–Crippen MR) is 104 cm³/mol. The molecule has 0 spiro atoms. The maximum absolute atomic E-state index is 5.85. The Morgan fingerprint density at radius 1 is 1.04 bits per heavy atom. The zero-order valence-corrected chi connectivity index (χ0v) is 15.8. The number of rotatable bonds is 7. The van der Waals surface area contributed by atoms with Crippen LogP contribution < -0.4 is 14.8 Å².